The Morgan fingerprint density at radius 1 is 1.03 bits per heavy atom. The van der Waals surface area contributed by atoms with E-state index in [1.165, 1.54) is 30.3 Å². The van der Waals surface area contributed by atoms with Crippen molar-refractivity contribution in [2.75, 3.05) is 11.8 Å². The SMILES string of the molecule is COc1ccccc1[C@H](C)NC(=O)c1cc(NS(=O)(=O)c2ccc(C)cc2)ccc1Cl. The average molecular weight is 459 g/mol. The van der Waals surface area contributed by atoms with E-state index < -0.39 is 15.9 Å². The molecule has 1 amide bonds. The zero-order valence-electron chi connectivity index (χ0n) is 17.3. The molecular formula is C23H23ClN2O4S. The van der Waals surface area contributed by atoms with Crippen molar-refractivity contribution in [3.63, 3.8) is 0 Å². The van der Waals surface area contributed by atoms with E-state index in [-0.39, 0.29) is 27.2 Å². The summed E-state index contributed by atoms with van der Waals surface area (Å²) < 4.78 is 33.1. The standard InChI is InChI=1S/C23H23ClN2O4S/c1-15-8-11-18(12-9-15)31(28,29)26-17-10-13-21(24)20(14-17)23(27)25-16(2)19-6-4-5-7-22(19)30-3/h4-14,16,26H,1-3H3,(H,25,27)/t16-/m0/s1. The maximum atomic E-state index is 12.9. The summed E-state index contributed by atoms with van der Waals surface area (Å²) in [6.07, 6.45) is 0. The molecule has 0 saturated heterocycles. The van der Waals surface area contributed by atoms with Gasteiger partial charge in [0, 0.05) is 11.3 Å². The Morgan fingerprint density at radius 3 is 2.39 bits per heavy atom. The maximum absolute atomic E-state index is 12.9. The lowest BCUT2D eigenvalue weighted by molar-refractivity contribution is 0.0939. The predicted molar refractivity (Wildman–Crippen MR) is 122 cm³/mol. The van der Waals surface area contributed by atoms with Gasteiger partial charge in [-0.25, -0.2) is 8.42 Å². The molecule has 0 spiro atoms. The molecule has 0 aromatic heterocycles. The highest BCUT2D eigenvalue weighted by atomic mass is 35.5. The van der Waals surface area contributed by atoms with Crippen molar-refractivity contribution < 1.29 is 17.9 Å². The minimum Gasteiger partial charge on any atom is -0.496 e. The van der Waals surface area contributed by atoms with E-state index in [2.05, 4.69) is 10.0 Å². The third kappa shape index (κ3) is 5.37. The van der Waals surface area contributed by atoms with Gasteiger partial charge in [-0.1, -0.05) is 47.5 Å². The molecule has 0 radical (unpaired) electrons. The third-order valence-electron chi connectivity index (χ3n) is 4.75. The maximum Gasteiger partial charge on any atom is 0.261 e. The molecule has 1 atom stereocenters. The number of amides is 1. The van der Waals surface area contributed by atoms with Crippen LogP contribution in [0.1, 0.15) is 34.5 Å². The molecular weight excluding hydrogens is 436 g/mol. The number of rotatable bonds is 7. The van der Waals surface area contributed by atoms with Crippen molar-refractivity contribution in [2.24, 2.45) is 0 Å². The topological polar surface area (TPSA) is 84.5 Å². The summed E-state index contributed by atoms with van der Waals surface area (Å²) in [4.78, 5) is 13.0. The molecule has 3 aromatic carbocycles. The lowest BCUT2D eigenvalue weighted by Gasteiger charge is -2.18. The zero-order valence-corrected chi connectivity index (χ0v) is 18.9. The molecule has 0 aliphatic carbocycles. The molecule has 0 saturated carbocycles. The smallest absolute Gasteiger partial charge is 0.261 e. The van der Waals surface area contributed by atoms with Gasteiger partial charge in [-0.05, 0) is 50.2 Å². The number of benzene rings is 3. The van der Waals surface area contributed by atoms with Crippen LogP contribution in [0.2, 0.25) is 5.02 Å². The highest BCUT2D eigenvalue weighted by Gasteiger charge is 2.19. The molecule has 2 N–H and O–H groups in total. The van der Waals surface area contributed by atoms with E-state index >= 15 is 0 Å². The molecule has 0 fully saturated rings. The number of hydrogen-bond donors (Lipinski definition) is 2. The first-order valence-electron chi connectivity index (χ1n) is 9.54. The zero-order chi connectivity index (χ0) is 22.6. The summed E-state index contributed by atoms with van der Waals surface area (Å²) in [5, 5.41) is 3.09. The fourth-order valence-corrected chi connectivity index (χ4v) is 4.32. The molecule has 162 valence electrons. The Bertz CT molecular complexity index is 1190. The molecule has 0 aliphatic heterocycles. The number of sulfonamides is 1. The van der Waals surface area contributed by atoms with Crippen LogP contribution in [0.25, 0.3) is 0 Å². The van der Waals surface area contributed by atoms with Gasteiger partial charge in [0.05, 0.1) is 28.6 Å². The van der Waals surface area contributed by atoms with Crippen molar-refractivity contribution in [1.29, 1.82) is 0 Å². The van der Waals surface area contributed by atoms with Gasteiger partial charge in [0.2, 0.25) is 0 Å². The number of para-hydroxylation sites is 1. The largest absolute Gasteiger partial charge is 0.496 e. The molecule has 0 unspecified atom stereocenters. The number of anilines is 1. The van der Waals surface area contributed by atoms with Gasteiger partial charge in [0.25, 0.3) is 15.9 Å². The molecule has 3 aromatic rings. The summed E-state index contributed by atoms with van der Waals surface area (Å²) in [6, 6.07) is 17.9. The van der Waals surface area contributed by atoms with Gasteiger partial charge in [-0.15, -0.1) is 0 Å². The highest BCUT2D eigenvalue weighted by molar-refractivity contribution is 7.92. The first-order valence-corrected chi connectivity index (χ1v) is 11.4. The quantitative estimate of drug-likeness (QED) is 0.524. The van der Waals surface area contributed by atoms with Crippen LogP contribution in [0.3, 0.4) is 0 Å². The third-order valence-corrected chi connectivity index (χ3v) is 6.47. The number of carbonyl (C=O) groups excluding carboxylic acids is 1. The number of hydrogen-bond acceptors (Lipinski definition) is 4. The lowest BCUT2D eigenvalue weighted by atomic mass is 10.1. The van der Waals surface area contributed by atoms with Crippen molar-refractivity contribution >= 4 is 33.2 Å². The van der Waals surface area contributed by atoms with Crippen LogP contribution in [0, 0.1) is 6.92 Å². The first-order chi connectivity index (χ1) is 14.7. The molecule has 6 nitrogen and oxygen atoms in total. The van der Waals surface area contributed by atoms with Gasteiger partial charge in [-0.3, -0.25) is 9.52 Å². The predicted octanol–water partition coefficient (Wildman–Crippen LogP) is 4.95. The second-order valence-electron chi connectivity index (χ2n) is 7.05. The van der Waals surface area contributed by atoms with Crippen molar-refractivity contribution in [3.05, 3.63) is 88.4 Å². The molecule has 0 heterocycles. The Labute approximate surface area is 187 Å². The molecule has 31 heavy (non-hydrogen) atoms. The molecule has 3 rings (SSSR count). The Kier molecular flexibility index (Phi) is 6.87. The second kappa shape index (κ2) is 9.41. The van der Waals surface area contributed by atoms with E-state index in [9.17, 15) is 13.2 Å². The number of methoxy groups -OCH3 is 1. The Hall–Kier alpha value is -3.03. The first kappa shape index (κ1) is 22.7. The summed E-state index contributed by atoms with van der Waals surface area (Å²) in [5.41, 5.74) is 2.16. The fourth-order valence-electron chi connectivity index (χ4n) is 3.07. The minimum atomic E-state index is -3.80. The van der Waals surface area contributed by atoms with Crippen LogP contribution in [0.15, 0.2) is 71.6 Å². The monoisotopic (exact) mass is 458 g/mol. The lowest BCUT2D eigenvalue weighted by Crippen LogP contribution is -2.27. The fraction of sp³-hybridized carbons (Fsp3) is 0.174. The normalized spacial score (nSPS) is 12.1. The minimum absolute atomic E-state index is 0.129. The van der Waals surface area contributed by atoms with Gasteiger partial charge in [0.15, 0.2) is 0 Å². The summed E-state index contributed by atoms with van der Waals surface area (Å²) in [7, 11) is -2.24. The van der Waals surface area contributed by atoms with Crippen LogP contribution >= 0.6 is 11.6 Å². The number of halogens is 1. The van der Waals surface area contributed by atoms with Crippen LogP contribution in [-0.4, -0.2) is 21.4 Å². The van der Waals surface area contributed by atoms with Gasteiger partial charge in [-0.2, -0.15) is 0 Å². The number of carbonyl (C=O) groups is 1. The average Bonchev–Trinajstić information content (AvgIpc) is 2.75. The number of ether oxygens (including phenoxy) is 1. The van der Waals surface area contributed by atoms with Gasteiger partial charge >= 0.3 is 0 Å². The van der Waals surface area contributed by atoms with E-state index in [1.54, 1.807) is 19.2 Å². The van der Waals surface area contributed by atoms with Crippen LogP contribution in [0.4, 0.5) is 5.69 Å². The highest BCUT2D eigenvalue weighted by Crippen LogP contribution is 2.27. The van der Waals surface area contributed by atoms with E-state index in [0.717, 1.165) is 11.1 Å². The van der Waals surface area contributed by atoms with Crippen molar-refractivity contribution in [1.82, 2.24) is 5.32 Å². The molecule has 0 aliphatic rings. The molecule has 0 bridgehead atoms. The summed E-state index contributed by atoms with van der Waals surface area (Å²) in [6.45, 7) is 3.70. The van der Waals surface area contributed by atoms with Gasteiger partial charge in [0.1, 0.15) is 5.75 Å². The number of nitrogens with one attached hydrogen (secondary N) is 2. The summed E-state index contributed by atoms with van der Waals surface area (Å²) in [5.74, 6) is 0.223. The van der Waals surface area contributed by atoms with Crippen molar-refractivity contribution in [3.8, 4) is 5.75 Å². The molecule has 8 heteroatoms. The Balaban J connectivity index is 1.82. The van der Waals surface area contributed by atoms with Gasteiger partial charge < -0.3 is 10.1 Å². The van der Waals surface area contributed by atoms with E-state index in [4.69, 9.17) is 16.3 Å². The van der Waals surface area contributed by atoms with Crippen LogP contribution < -0.4 is 14.8 Å². The van der Waals surface area contributed by atoms with Crippen LogP contribution in [-0.2, 0) is 10.0 Å². The van der Waals surface area contributed by atoms with E-state index in [0.29, 0.717) is 5.75 Å². The van der Waals surface area contributed by atoms with Crippen molar-refractivity contribution in [2.45, 2.75) is 24.8 Å². The van der Waals surface area contributed by atoms with E-state index in [1.807, 2.05) is 38.1 Å². The Morgan fingerprint density at radius 2 is 1.71 bits per heavy atom. The number of aryl methyl sites for hydroxylation is 1. The summed E-state index contributed by atoms with van der Waals surface area (Å²) >= 11 is 6.22. The van der Waals surface area contributed by atoms with Crippen LogP contribution in [0.5, 0.6) is 5.75 Å². The second-order valence-corrected chi connectivity index (χ2v) is 9.14.